The van der Waals surface area contributed by atoms with Gasteiger partial charge < -0.3 is 5.11 Å². The zero-order chi connectivity index (χ0) is 13.1. The van der Waals surface area contributed by atoms with Crippen LogP contribution in [0.3, 0.4) is 0 Å². The van der Waals surface area contributed by atoms with Crippen molar-refractivity contribution < 1.29 is 9.90 Å². The minimum Gasteiger partial charge on any atom is -0.477 e. The highest BCUT2D eigenvalue weighted by Crippen LogP contribution is 2.15. The Morgan fingerprint density at radius 3 is 2.22 bits per heavy atom. The lowest BCUT2D eigenvalue weighted by Gasteiger charge is -2.07. The number of aromatic nitrogens is 3. The Balaban J connectivity index is 2.55. The van der Waals surface area contributed by atoms with Crippen LogP contribution < -0.4 is 0 Å². The predicted molar refractivity (Wildman–Crippen MR) is 67.7 cm³/mol. The average Bonchev–Trinajstić information content (AvgIpc) is 2.67. The van der Waals surface area contributed by atoms with Gasteiger partial charge in [0.25, 0.3) is 0 Å². The highest BCUT2D eigenvalue weighted by atomic mass is 16.4. The summed E-state index contributed by atoms with van der Waals surface area (Å²) in [4.78, 5) is 11.4. The minimum absolute atomic E-state index is 0.140. The zero-order valence-corrected chi connectivity index (χ0v) is 10.2. The normalized spacial score (nSPS) is 11.6. The molecule has 2 aromatic rings. The van der Waals surface area contributed by atoms with Gasteiger partial charge in [0.1, 0.15) is 17.3 Å². The number of carboxylic acids is 1. The monoisotopic (exact) mass is 243 g/mol. The van der Waals surface area contributed by atoms with Crippen molar-refractivity contribution in [3.63, 3.8) is 0 Å². The van der Waals surface area contributed by atoms with E-state index >= 15 is 0 Å². The Bertz CT molecular complexity index is 580. The molecule has 0 amide bonds. The lowest BCUT2D eigenvalue weighted by molar-refractivity contribution is -0.130. The van der Waals surface area contributed by atoms with Gasteiger partial charge in [0, 0.05) is 0 Å². The molecular weight excluding hydrogens is 230 g/mol. The number of rotatable bonds is 3. The van der Waals surface area contributed by atoms with Crippen molar-refractivity contribution in [2.24, 2.45) is 0 Å². The molecule has 1 aromatic heterocycles. The van der Waals surface area contributed by atoms with Gasteiger partial charge in [0.2, 0.25) is 0 Å². The van der Waals surface area contributed by atoms with Crippen LogP contribution in [0.1, 0.15) is 17.2 Å². The number of carbonyl (C=O) groups is 1. The van der Waals surface area contributed by atoms with Crippen LogP contribution in [0.2, 0.25) is 0 Å². The van der Waals surface area contributed by atoms with Crippen molar-refractivity contribution in [1.82, 2.24) is 14.8 Å². The van der Waals surface area contributed by atoms with Crippen LogP contribution in [0, 0.1) is 13.8 Å². The van der Waals surface area contributed by atoms with E-state index in [1.165, 1.54) is 4.57 Å². The first-order valence-corrected chi connectivity index (χ1v) is 5.48. The maximum absolute atomic E-state index is 11.4. The summed E-state index contributed by atoms with van der Waals surface area (Å²) >= 11 is 0. The molecule has 0 bridgehead atoms. The number of hydrogen-bond donors (Lipinski definition) is 1. The van der Waals surface area contributed by atoms with Crippen molar-refractivity contribution in [2.75, 3.05) is 0 Å². The van der Waals surface area contributed by atoms with E-state index in [2.05, 4.69) is 10.2 Å². The van der Waals surface area contributed by atoms with Gasteiger partial charge >= 0.3 is 5.97 Å². The third-order valence-corrected chi connectivity index (χ3v) is 2.55. The molecule has 5 heteroatoms. The van der Waals surface area contributed by atoms with Gasteiger partial charge in [-0.1, -0.05) is 30.3 Å². The zero-order valence-electron chi connectivity index (χ0n) is 10.2. The van der Waals surface area contributed by atoms with Crippen molar-refractivity contribution in [3.8, 4) is 0 Å². The van der Waals surface area contributed by atoms with Crippen molar-refractivity contribution >= 4 is 17.7 Å². The van der Waals surface area contributed by atoms with E-state index in [1.807, 2.05) is 30.3 Å². The molecule has 2 rings (SSSR count). The van der Waals surface area contributed by atoms with Gasteiger partial charge in [-0.05, 0) is 25.5 Å². The lowest BCUT2D eigenvalue weighted by atomic mass is 10.2. The Hall–Kier alpha value is -2.43. The van der Waals surface area contributed by atoms with Gasteiger partial charge in [-0.15, -0.1) is 10.2 Å². The quantitative estimate of drug-likeness (QED) is 0.837. The molecule has 5 nitrogen and oxygen atoms in total. The van der Waals surface area contributed by atoms with Gasteiger partial charge in [0.05, 0.1) is 0 Å². The Labute approximate surface area is 104 Å². The summed E-state index contributed by atoms with van der Waals surface area (Å²) in [6.07, 6.45) is 1.60. The summed E-state index contributed by atoms with van der Waals surface area (Å²) in [5.74, 6) is 0.0963. The topological polar surface area (TPSA) is 68.0 Å². The first kappa shape index (κ1) is 12.0. The SMILES string of the molecule is Cc1nnc(C)n1/C(=C/c1ccccc1)C(=O)O. The Kier molecular flexibility index (Phi) is 3.23. The molecule has 0 aliphatic rings. The summed E-state index contributed by atoms with van der Waals surface area (Å²) in [6.45, 7) is 3.45. The van der Waals surface area contributed by atoms with Crippen LogP contribution >= 0.6 is 0 Å². The first-order chi connectivity index (χ1) is 8.59. The number of hydrogen-bond acceptors (Lipinski definition) is 3. The third kappa shape index (κ3) is 2.29. The van der Waals surface area contributed by atoms with Crippen LogP contribution in [0.5, 0.6) is 0 Å². The van der Waals surface area contributed by atoms with Crippen molar-refractivity contribution in [2.45, 2.75) is 13.8 Å². The molecule has 1 aromatic carbocycles. The fourth-order valence-electron chi connectivity index (χ4n) is 1.75. The second-order valence-corrected chi connectivity index (χ2v) is 3.88. The summed E-state index contributed by atoms with van der Waals surface area (Å²) in [5, 5.41) is 17.1. The smallest absolute Gasteiger partial charge is 0.352 e. The fourth-order valence-corrected chi connectivity index (χ4v) is 1.75. The number of carboxylic acid groups (broad SMARTS) is 1. The molecule has 1 N–H and O–H groups in total. The molecule has 0 saturated carbocycles. The largest absolute Gasteiger partial charge is 0.477 e. The van der Waals surface area contributed by atoms with E-state index < -0.39 is 5.97 Å². The molecule has 0 atom stereocenters. The van der Waals surface area contributed by atoms with Gasteiger partial charge in [-0.3, -0.25) is 4.57 Å². The Morgan fingerprint density at radius 1 is 1.17 bits per heavy atom. The molecule has 0 unspecified atom stereocenters. The van der Waals surface area contributed by atoms with E-state index in [9.17, 15) is 9.90 Å². The summed E-state index contributed by atoms with van der Waals surface area (Å²) in [7, 11) is 0. The van der Waals surface area contributed by atoms with E-state index in [4.69, 9.17) is 0 Å². The van der Waals surface area contributed by atoms with E-state index in [0.717, 1.165) is 5.56 Å². The van der Waals surface area contributed by atoms with Gasteiger partial charge in [-0.25, -0.2) is 4.79 Å². The third-order valence-electron chi connectivity index (χ3n) is 2.55. The highest BCUT2D eigenvalue weighted by Gasteiger charge is 2.15. The van der Waals surface area contributed by atoms with Crippen LogP contribution in [0.4, 0.5) is 0 Å². The molecule has 0 fully saturated rings. The summed E-state index contributed by atoms with van der Waals surface area (Å²) in [6, 6.07) is 9.29. The average molecular weight is 243 g/mol. The second kappa shape index (κ2) is 4.83. The molecule has 0 saturated heterocycles. The molecular formula is C13H13N3O2. The van der Waals surface area contributed by atoms with Crippen molar-refractivity contribution in [3.05, 3.63) is 47.5 Å². The van der Waals surface area contributed by atoms with Crippen molar-refractivity contribution in [1.29, 1.82) is 0 Å². The fraction of sp³-hybridized carbons (Fsp3) is 0.154. The number of aliphatic carboxylic acids is 1. The molecule has 18 heavy (non-hydrogen) atoms. The second-order valence-electron chi connectivity index (χ2n) is 3.88. The van der Waals surface area contributed by atoms with Gasteiger partial charge in [-0.2, -0.15) is 0 Å². The molecule has 92 valence electrons. The molecule has 0 spiro atoms. The lowest BCUT2D eigenvalue weighted by Crippen LogP contribution is -2.10. The number of nitrogens with zero attached hydrogens (tertiary/aromatic N) is 3. The van der Waals surface area contributed by atoms with Crippen LogP contribution in [0.25, 0.3) is 11.8 Å². The van der Waals surface area contributed by atoms with Crippen LogP contribution in [0.15, 0.2) is 30.3 Å². The standard InChI is InChI=1S/C13H13N3O2/c1-9-14-15-10(2)16(9)12(13(17)18)8-11-6-4-3-5-7-11/h3-8H,1-2H3,(H,17,18)/b12-8+. The van der Waals surface area contributed by atoms with E-state index in [1.54, 1.807) is 19.9 Å². The molecule has 0 aliphatic carbocycles. The molecule has 0 radical (unpaired) electrons. The summed E-state index contributed by atoms with van der Waals surface area (Å²) in [5.41, 5.74) is 0.962. The van der Waals surface area contributed by atoms with Gasteiger partial charge in [0.15, 0.2) is 0 Å². The van der Waals surface area contributed by atoms with Crippen LogP contribution in [-0.2, 0) is 4.79 Å². The summed E-state index contributed by atoms with van der Waals surface area (Å²) < 4.78 is 1.52. The molecule has 1 heterocycles. The molecule has 0 aliphatic heterocycles. The highest BCUT2D eigenvalue weighted by molar-refractivity contribution is 6.14. The number of aryl methyl sites for hydroxylation is 2. The Morgan fingerprint density at radius 2 is 1.72 bits per heavy atom. The minimum atomic E-state index is -1.01. The van der Waals surface area contributed by atoms with E-state index in [-0.39, 0.29) is 5.70 Å². The maximum Gasteiger partial charge on any atom is 0.352 e. The predicted octanol–water partition coefficient (Wildman–Crippen LogP) is 1.98. The van der Waals surface area contributed by atoms with Crippen LogP contribution in [-0.4, -0.2) is 25.8 Å². The van der Waals surface area contributed by atoms with E-state index in [0.29, 0.717) is 11.6 Å². The first-order valence-electron chi connectivity index (χ1n) is 5.48. The number of benzene rings is 1. The maximum atomic E-state index is 11.4.